The second-order valence-electron chi connectivity index (χ2n) is 8.65. The van der Waals surface area contributed by atoms with Gasteiger partial charge < -0.3 is 9.42 Å². The summed E-state index contributed by atoms with van der Waals surface area (Å²) in [6.07, 6.45) is 1.58. The van der Waals surface area contributed by atoms with Gasteiger partial charge in [0.25, 0.3) is 0 Å². The lowest BCUT2D eigenvalue weighted by atomic mass is 10.1. The Balaban J connectivity index is 1.39. The van der Waals surface area contributed by atoms with E-state index in [1.54, 1.807) is 4.90 Å². The largest absolute Gasteiger partial charge is 0.339 e. The third kappa shape index (κ3) is 7.14. The molecule has 1 aliphatic heterocycles. The minimum atomic E-state index is -3.34. The molecule has 0 N–H and O–H groups in total. The number of carbonyl (C=O) groups excluding carboxylic acids is 1. The van der Waals surface area contributed by atoms with Crippen molar-refractivity contribution in [1.29, 1.82) is 0 Å². The lowest BCUT2D eigenvalue weighted by molar-refractivity contribution is -0.130. The third-order valence-corrected chi connectivity index (χ3v) is 7.16. The molecule has 0 atom stereocenters. The molecule has 1 aromatic carbocycles. The predicted molar refractivity (Wildman–Crippen MR) is 119 cm³/mol. The van der Waals surface area contributed by atoms with E-state index in [1.807, 2.05) is 45.0 Å². The molecule has 31 heavy (non-hydrogen) atoms. The Labute approximate surface area is 184 Å². The number of benzene rings is 1. The molecule has 9 heteroatoms. The number of sulfone groups is 1. The lowest BCUT2D eigenvalue weighted by Gasteiger charge is -2.34. The van der Waals surface area contributed by atoms with Crippen LogP contribution in [0.25, 0.3) is 11.4 Å². The van der Waals surface area contributed by atoms with Crippen LogP contribution in [0.3, 0.4) is 0 Å². The molecular formula is C22H32N4O4S. The number of hydrogen-bond acceptors (Lipinski definition) is 7. The van der Waals surface area contributed by atoms with Crippen LogP contribution in [0.2, 0.25) is 0 Å². The maximum absolute atomic E-state index is 12.3. The van der Waals surface area contributed by atoms with E-state index < -0.39 is 9.84 Å². The van der Waals surface area contributed by atoms with Crippen molar-refractivity contribution in [2.45, 2.75) is 33.6 Å². The molecular weight excluding hydrogens is 416 g/mol. The van der Waals surface area contributed by atoms with E-state index in [0.29, 0.717) is 31.2 Å². The predicted octanol–water partition coefficient (Wildman–Crippen LogP) is 2.19. The van der Waals surface area contributed by atoms with Crippen LogP contribution in [0.1, 0.15) is 31.7 Å². The van der Waals surface area contributed by atoms with Crippen molar-refractivity contribution in [2.24, 2.45) is 5.92 Å². The van der Waals surface area contributed by atoms with Crippen LogP contribution in [-0.4, -0.2) is 78.5 Å². The highest BCUT2D eigenvalue weighted by molar-refractivity contribution is 7.92. The summed E-state index contributed by atoms with van der Waals surface area (Å²) in [6.45, 7) is 9.22. The first-order chi connectivity index (χ1) is 14.7. The number of rotatable bonds is 9. The highest BCUT2D eigenvalue weighted by atomic mass is 32.2. The fourth-order valence-electron chi connectivity index (χ4n) is 3.70. The molecule has 0 unspecified atom stereocenters. The fourth-order valence-corrected chi connectivity index (χ4v) is 5.39. The van der Waals surface area contributed by atoms with Gasteiger partial charge in [-0.3, -0.25) is 9.69 Å². The molecule has 0 spiro atoms. The van der Waals surface area contributed by atoms with Crippen molar-refractivity contribution < 1.29 is 17.7 Å². The monoisotopic (exact) mass is 448 g/mol. The average molecular weight is 449 g/mol. The zero-order chi connectivity index (χ0) is 22.4. The number of aromatic nitrogens is 2. The van der Waals surface area contributed by atoms with Crippen LogP contribution in [0.15, 0.2) is 28.8 Å². The van der Waals surface area contributed by atoms with Crippen molar-refractivity contribution in [1.82, 2.24) is 19.9 Å². The second kappa shape index (κ2) is 10.4. The molecule has 0 saturated carbocycles. The highest BCUT2D eigenvalue weighted by Crippen LogP contribution is 2.17. The summed E-state index contributed by atoms with van der Waals surface area (Å²) in [7, 11) is -3.34. The number of piperazine rings is 1. The molecule has 2 heterocycles. The smallest absolute Gasteiger partial charge is 0.237 e. The van der Waals surface area contributed by atoms with Crippen LogP contribution >= 0.6 is 0 Å². The Kier molecular flexibility index (Phi) is 7.83. The fraction of sp³-hybridized carbons (Fsp3) is 0.591. The van der Waals surface area contributed by atoms with E-state index in [4.69, 9.17) is 4.52 Å². The van der Waals surface area contributed by atoms with E-state index in [1.165, 1.54) is 5.56 Å². The van der Waals surface area contributed by atoms with Gasteiger partial charge in [-0.15, -0.1) is 0 Å². The molecule has 0 aliphatic carbocycles. The topological polar surface area (TPSA) is 96.6 Å². The molecule has 0 radical (unpaired) electrons. The molecule has 1 saturated heterocycles. The standard InChI is InChI=1S/C22H32N4O4S/c1-17(2)15-31(28,29)16-21(27)26-13-11-25(12-14-26)10-4-5-20-23-22(24-30-20)19-8-6-18(3)7-9-19/h6-9,17H,4-5,10-16H2,1-3H3. The summed E-state index contributed by atoms with van der Waals surface area (Å²) in [5, 5.41) is 4.06. The number of aryl methyl sites for hydroxylation is 2. The van der Waals surface area contributed by atoms with E-state index >= 15 is 0 Å². The zero-order valence-electron chi connectivity index (χ0n) is 18.6. The summed E-state index contributed by atoms with van der Waals surface area (Å²) >= 11 is 0. The van der Waals surface area contributed by atoms with Crippen LogP contribution in [0.5, 0.6) is 0 Å². The van der Waals surface area contributed by atoms with Crippen molar-refractivity contribution in [2.75, 3.05) is 44.2 Å². The van der Waals surface area contributed by atoms with Gasteiger partial charge in [0.15, 0.2) is 9.84 Å². The molecule has 1 aromatic heterocycles. The quantitative estimate of drug-likeness (QED) is 0.580. The first kappa shape index (κ1) is 23.4. The van der Waals surface area contributed by atoms with Crippen molar-refractivity contribution in [3.05, 3.63) is 35.7 Å². The molecule has 1 aliphatic rings. The summed E-state index contributed by atoms with van der Waals surface area (Å²) < 4.78 is 29.5. The summed E-state index contributed by atoms with van der Waals surface area (Å²) in [4.78, 5) is 20.8. The molecule has 0 bridgehead atoms. The number of carbonyl (C=O) groups is 1. The molecule has 3 rings (SSSR count). The van der Waals surface area contributed by atoms with E-state index in [0.717, 1.165) is 31.6 Å². The molecule has 170 valence electrons. The number of amides is 1. The van der Waals surface area contributed by atoms with Crippen molar-refractivity contribution in [3.63, 3.8) is 0 Å². The van der Waals surface area contributed by atoms with Gasteiger partial charge in [0.2, 0.25) is 17.6 Å². The van der Waals surface area contributed by atoms with Gasteiger partial charge in [-0.25, -0.2) is 8.42 Å². The van der Waals surface area contributed by atoms with Crippen LogP contribution in [0, 0.1) is 12.8 Å². The Hall–Kier alpha value is -2.26. The van der Waals surface area contributed by atoms with E-state index in [2.05, 4.69) is 15.0 Å². The van der Waals surface area contributed by atoms with Gasteiger partial charge >= 0.3 is 0 Å². The second-order valence-corrected chi connectivity index (χ2v) is 10.8. The van der Waals surface area contributed by atoms with Crippen LogP contribution < -0.4 is 0 Å². The van der Waals surface area contributed by atoms with Gasteiger partial charge in [-0.2, -0.15) is 4.98 Å². The van der Waals surface area contributed by atoms with Crippen LogP contribution in [-0.2, 0) is 21.1 Å². The van der Waals surface area contributed by atoms with Crippen molar-refractivity contribution in [3.8, 4) is 11.4 Å². The van der Waals surface area contributed by atoms with Gasteiger partial charge in [0, 0.05) is 38.2 Å². The first-order valence-electron chi connectivity index (χ1n) is 10.8. The minimum Gasteiger partial charge on any atom is -0.339 e. The maximum Gasteiger partial charge on any atom is 0.237 e. The SMILES string of the molecule is Cc1ccc(-c2noc(CCCN3CCN(C(=O)CS(=O)(=O)CC(C)C)CC3)n2)cc1. The summed E-state index contributed by atoms with van der Waals surface area (Å²) in [6, 6.07) is 8.02. The molecule has 1 amide bonds. The van der Waals surface area contributed by atoms with Gasteiger partial charge in [-0.05, 0) is 25.8 Å². The van der Waals surface area contributed by atoms with Gasteiger partial charge in [0.05, 0.1) is 5.75 Å². The minimum absolute atomic E-state index is 0.0291. The van der Waals surface area contributed by atoms with E-state index in [-0.39, 0.29) is 23.3 Å². The van der Waals surface area contributed by atoms with E-state index in [9.17, 15) is 13.2 Å². The Morgan fingerprint density at radius 1 is 1.13 bits per heavy atom. The lowest BCUT2D eigenvalue weighted by Crippen LogP contribution is -2.50. The number of hydrogen-bond donors (Lipinski definition) is 0. The Morgan fingerprint density at radius 2 is 1.81 bits per heavy atom. The molecule has 1 fully saturated rings. The maximum atomic E-state index is 12.3. The summed E-state index contributed by atoms with van der Waals surface area (Å²) in [5.74, 6) is 0.650. The normalized spacial score (nSPS) is 15.5. The number of nitrogens with zero attached hydrogens (tertiary/aromatic N) is 4. The van der Waals surface area contributed by atoms with Gasteiger partial charge in [-0.1, -0.05) is 48.8 Å². The first-order valence-corrected chi connectivity index (χ1v) is 12.6. The highest BCUT2D eigenvalue weighted by Gasteiger charge is 2.25. The molecule has 2 aromatic rings. The molecule has 8 nitrogen and oxygen atoms in total. The Bertz CT molecular complexity index is 962. The summed E-state index contributed by atoms with van der Waals surface area (Å²) in [5.41, 5.74) is 2.13. The Morgan fingerprint density at radius 3 is 2.45 bits per heavy atom. The van der Waals surface area contributed by atoms with Crippen molar-refractivity contribution >= 4 is 15.7 Å². The third-order valence-electron chi connectivity index (χ3n) is 5.30. The van der Waals surface area contributed by atoms with Gasteiger partial charge in [0.1, 0.15) is 5.75 Å². The average Bonchev–Trinajstić information content (AvgIpc) is 3.16. The zero-order valence-corrected chi connectivity index (χ0v) is 19.4. The van der Waals surface area contributed by atoms with Crippen LogP contribution in [0.4, 0.5) is 0 Å².